The summed E-state index contributed by atoms with van der Waals surface area (Å²) in [6, 6.07) is 1.77. The Morgan fingerprint density at radius 2 is 2.29 bits per heavy atom. The molecule has 4 heterocycles. The molecule has 3 aromatic heterocycles. The van der Waals surface area contributed by atoms with E-state index in [1.54, 1.807) is 25.4 Å². The largest absolute Gasteiger partial charge is 0.367 e. The number of carbonyl (C=O) groups excluding carboxylic acids is 1. The summed E-state index contributed by atoms with van der Waals surface area (Å²) < 4.78 is 14.3. The molecule has 7 nitrogen and oxygen atoms in total. The van der Waals surface area contributed by atoms with Crippen LogP contribution in [0.2, 0.25) is 5.02 Å². The number of hydrogen-bond acceptors (Lipinski definition) is 5. The van der Waals surface area contributed by atoms with Gasteiger partial charge < -0.3 is 15.2 Å². The fourth-order valence-electron chi connectivity index (χ4n) is 3.54. The van der Waals surface area contributed by atoms with Gasteiger partial charge in [-0.1, -0.05) is 11.6 Å². The maximum atomic E-state index is 14.3. The van der Waals surface area contributed by atoms with Gasteiger partial charge in [-0.05, 0) is 24.8 Å². The van der Waals surface area contributed by atoms with Crippen LogP contribution in [-0.4, -0.2) is 50.4 Å². The lowest BCUT2D eigenvalue weighted by Gasteiger charge is -2.32. The first-order chi connectivity index (χ1) is 13.5. The van der Waals surface area contributed by atoms with Crippen LogP contribution in [0, 0.1) is 11.7 Å². The highest BCUT2D eigenvalue weighted by Crippen LogP contribution is 2.28. The first-order valence-corrected chi connectivity index (χ1v) is 9.54. The normalized spacial score (nSPS) is 17.1. The molecule has 9 heteroatoms. The molecule has 1 aliphatic rings. The number of aromatic nitrogens is 4. The van der Waals surface area contributed by atoms with Crippen LogP contribution in [0.3, 0.4) is 0 Å². The molecule has 2 N–H and O–H groups in total. The van der Waals surface area contributed by atoms with Crippen molar-refractivity contribution >= 4 is 34.4 Å². The monoisotopic (exact) mass is 402 g/mol. The Morgan fingerprint density at radius 3 is 3.11 bits per heavy atom. The van der Waals surface area contributed by atoms with Crippen LogP contribution < -0.4 is 5.32 Å². The molecule has 4 rings (SSSR count). The summed E-state index contributed by atoms with van der Waals surface area (Å²) in [5, 5.41) is 4.36. The maximum absolute atomic E-state index is 14.3. The van der Waals surface area contributed by atoms with E-state index in [2.05, 4.69) is 25.3 Å². The molecule has 0 unspecified atom stereocenters. The van der Waals surface area contributed by atoms with Gasteiger partial charge in [0.15, 0.2) is 17.5 Å². The number of nitrogens with one attached hydrogen (secondary N) is 2. The van der Waals surface area contributed by atoms with E-state index in [0.717, 1.165) is 31.0 Å². The van der Waals surface area contributed by atoms with Crippen LogP contribution in [0.5, 0.6) is 0 Å². The number of fused-ring (bicyclic) bond motifs is 1. The van der Waals surface area contributed by atoms with Gasteiger partial charge in [0.1, 0.15) is 5.65 Å². The van der Waals surface area contributed by atoms with Crippen molar-refractivity contribution in [2.24, 2.45) is 5.92 Å². The van der Waals surface area contributed by atoms with Gasteiger partial charge in [0.2, 0.25) is 5.91 Å². The summed E-state index contributed by atoms with van der Waals surface area (Å²) in [5.74, 6) is 0.347. The number of aromatic amines is 1. The highest BCUT2D eigenvalue weighted by atomic mass is 35.5. The summed E-state index contributed by atoms with van der Waals surface area (Å²) in [6.45, 7) is 3.58. The first-order valence-electron chi connectivity index (χ1n) is 9.16. The van der Waals surface area contributed by atoms with Crippen molar-refractivity contribution in [2.75, 3.05) is 25.0 Å². The zero-order valence-corrected chi connectivity index (χ0v) is 16.1. The van der Waals surface area contributed by atoms with Gasteiger partial charge in [-0.25, -0.2) is 19.3 Å². The molecule has 0 radical (unpaired) electrons. The molecule has 1 aliphatic heterocycles. The second-order valence-electron chi connectivity index (χ2n) is 7.00. The predicted octanol–water partition coefficient (Wildman–Crippen LogP) is 3.48. The van der Waals surface area contributed by atoms with Gasteiger partial charge in [-0.15, -0.1) is 0 Å². The Morgan fingerprint density at radius 1 is 1.43 bits per heavy atom. The number of carbonyl (C=O) groups is 1. The van der Waals surface area contributed by atoms with Crippen molar-refractivity contribution < 1.29 is 9.18 Å². The summed E-state index contributed by atoms with van der Waals surface area (Å²) in [7, 11) is 0. The summed E-state index contributed by atoms with van der Waals surface area (Å²) in [6.07, 6.45) is 6.38. The Balaban J connectivity index is 1.54. The van der Waals surface area contributed by atoms with Gasteiger partial charge in [0.05, 0.1) is 11.2 Å². The van der Waals surface area contributed by atoms with Crippen molar-refractivity contribution in [1.82, 2.24) is 24.8 Å². The van der Waals surface area contributed by atoms with Crippen molar-refractivity contribution in [3.63, 3.8) is 0 Å². The lowest BCUT2D eigenvalue weighted by Crippen LogP contribution is -2.40. The molecule has 0 saturated carbocycles. The smallest absolute Gasteiger partial charge is 0.219 e. The number of nitrogens with zero attached hydrogens (tertiary/aromatic N) is 4. The van der Waals surface area contributed by atoms with Crippen molar-refractivity contribution in [3.05, 3.63) is 35.5 Å². The summed E-state index contributed by atoms with van der Waals surface area (Å²) >= 11 is 6.04. The number of amides is 1. The van der Waals surface area contributed by atoms with E-state index in [0.29, 0.717) is 35.1 Å². The first kappa shape index (κ1) is 18.6. The molecule has 28 heavy (non-hydrogen) atoms. The van der Waals surface area contributed by atoms with E-state index in [4.69, 9.17) is 11.6 Å². The molecule has 3 aromatic rings. The van der Waals surface area contributed by atoms with E-state index < -0.39 is 5.82 Å². The molecule has 0 bridgehead atoms. The minimum Gasteiger partial charge on any atom is -0.367 e. The molecule has 0 aromatic carbocycles. The number of likely N-dealkylation sites (tertiary alicyclic amines) is 1. The number of rotatable bonds is 4. The second kappa shape index (κ2) is 7.71. The third-order valence-corrected chi connectivity index (χ3v) is 5.21. The third kappa shape index (κ3) is 3.77. The van der Waals surface area contributed by atoms with E-state index >= 15 is 0 Å². The van der Waals surface area contributed by atoms with Crippen LogP contribution >= 0.6 is 11.6 Å². The maximum Gasteiger partial charge on any atom is 0.219 e. The van der Waals surface area contributed by atoms with E-state index in [-0.39, 0.29) is 17.6 Å². The van der Waals surface area contributed by atoms with Crippen LogP contribution in [0.25, 0.3) is 22.4 Å². The molecular formula is C19H20ClFN6O. The van der Waals surface area contributed by atoms with Gasteiger partial charge in [-0.2, -0.15) is 0 Å². The molecule has 0 aliphatic carbocycles. The number of piperidine rings is 1. The lowest BCUT2D eigenvalue weighted by atomic mass is 9.98. The standard InChI is InChI=1S/C19H20ClFN6O/c1-11(28)27-4-2-3-12(10-27)6-22-19-16(21)9-25-18(26-19)15-8-24-17-14(15)5-13(20)7-23-17/h5,7-9,12H,2-4,6,10H2,1H3,(H,23,24)(H,22,25,26)/t12-/m1/s1. The van der Waals surface area contributed by atoms with Gasteiger partial charge >= 0.3 is 0 Å². The summed E-state index contributed by atoms with van der Waals surface area (Å²) in [5.41, 5.74) is 1.36. The predicted molar refractivity (Wildman–Crippen MR) is 106 cm³/mol. The van der Waals surface area contributed by atoms with E-state index in [9.17, 15) is 9.18 Å². The number of halogens is 2. The Labute approximate surface area is 166 Å². The number of hydrogen-bond donors (Lipinski definition) is 2. The van der Waals surface area contributed by atoms with Crippen molar-refractivity contribution in [2.45, 2.75) is 19.8 Å². The minimum absolute atomic E-state index is 0.0757. The lowest BCUT2D eigenvalue weighted by molar-refractivity contribution is -0.130. The zero-order valence-electron chi connectivity index (χ0n) is 15.4. The quantitative estimate of drug-likeness (QED) is 0.697. The van der Waals surface area contributed by atoms with Crippen molar-refractivity contribution in [1.29, 1.82) is 0 Å². The molecule has 1 fully saturated rings. The molecule has 0 spiro atoms. The fraction of sp³-hybridized carbons (Fsp3) is 0.368. The zero-order chi connectivity index (χ0) is 19.7. The Bertz CT molecular complexity index is 1020. The third-order valence-electron chi connectivity index (χ3n) is 5.01. The average molecular weight is 403 g/mol. The Kier molecular flexibility index (Phi) is 5.13. The molecule has 1 atom stereocenters. The van der Waals surface area contributed by atoms with Gasteiger partial charge in [0.25, 0.3) is 0 Å². The topological polar surface area (TPSA) is 86.8 Å². The van der Waals surface area contributed by atoms with E-state index in [1.807, 2.05) is 4.90 Å². The SMILES string of the molecule is CC(=O)N1CCC[C@H](CNc2nc(-c3c[nH]c4ncc(Cl)cc34)ncc2F)C1. The summed E-state index contributed by atoms with van der Waals surface area (Å²) in [4.78, 5) is 29.2. The molecule has 1 saturated heterocycles. The number of anilines is 1. The molecule has 1 amide bonds. The highest BCUT2D eigenvalue weighted by Gasteiger charge is 2.22. The number of pyridine rings is 1. The van der Waals surface area contributed by atoms with Crippen LogP contribution in [0.4, 0.5) is 10.2 Å². The second-order valence-corrected chi connectivity index (χ2v) is 7.43. The van der Waals surface area contributed by atoms with Crippen LogP contribution in [0.1, 0.15) is 19.8 Å². The highest BCUT2D eigenvalue weighted by molar-refractivity contribution is 6.31. The average Bonchev–Trinajstić information content (AvgIpc) is 3.10. The van der Waals surface area contributed by atoms with E-state index in [1.165, 1.54) is 0 Å². The fourth-order valence-corrected chi connectivity index (χ4v) is 3.70. The minimum atomic E-state index is -0.515. The van der Waals surface area contributed by atoms with Gasteiger partial charge in [0, 0.05) is 49.9 Å². The van der Waals surface area contributed by atoms with Gasteiger partial charge in [-0.3, -0.25) is 4.79 Å². The van der Waals surface area contributed by atoms with Crippen LogP contribution in [-0.2, 0) is 4.79 Å². The Hall–Kier alpha value is -2.74. The number of H-pyrrole nitrogens is 1. The van der Waals surface area contributed by atoms with Crippen molar-refractivity contribution in [3.8, 4) is 11.4 Å². The van der Waals surface area contributed by atoms with Crippen LogP contribution in [0.15, 0.2) is 24.7 Å². The molecular weight excluding hydrogens is 383 g/mol. The molecule has 146 valence electrons.